The molecule has 1 heteroatoms. The second-order valence-electron chi connectivity index (χ2n) is 7.81. The van der Waals surface area contributed by atoms with Crippen molar-refractivity contribution in [2.75, 3.05) is 5.73 Å². The Morgan fingerprint density at radius 3 is 2.24 bits per heavy atom. The van der Waals surface area contributed by atoms with Crippen LogP contribution in [0.2, 0.25) is 0 Å². The third-order valence-electron chi connectivity index (χ3n) is 6.00. The smallest absolute Gasteiger partial charge is 0.0314 e. The van der Waals surface area contributed by atoms with E-state index in [9.17, 15) is 0 Å². The highest BCUT2D eigenvalue weighted by Crippen LogP contribution is 2.38. The van der Waals surface area contributed by atoms with Crippen LogP contribution in [-0.2, 0) is 12.8 Å². The Morgan fingerprint density at radius 1 is 0.880 bits per heavy atom. The van der Waals surface area contributed by atoms with Gasteiger partial charge in [-0.15, -0.1) is 0 Å². The van der Waals surface area contributed by atoms with Crippen LogP contribution in [-0.4, -0.2) is 0 Å². The van der Waals surface area contributed by atoms with Gasteiger partial charge in [-0.1, -0.05) is 57.0 Å². The van der Waals surface area contributed by atoms with E-state index in [0.29, 0.717) is 0 Å². The van der Waals surface area contributed by atoms with Gasteiger partial charge in [0.1, 0.15) is 0 Å². The summed E-state index contributed by atoms with van der Waals surface area (Å²) in [6, 6.07) is 15.6. The van der Waals surface area contributed by atoms with E-state index in [1.807, 2.05) is 12.1 Å². The number of anilines is 1. The van der Waals surface area contributed by atoms with Crippen molar-refractivity contribution in [3.8, 4) is 0 Å². The Balaban J connectivity index is 1.70. The molecule has 0 atom stereocenters. The van der Waals surface area contributed by atoms with E-state index in [2.05, 4.69) is 44.2 Å². The summed E-state index contributed by atoms with van der Waals surface area (Å²) in [7, 11) is 0. The van der Waals surface area contributed by atoms with Crippen LogP contribution in [0.15, 0.2) is 42.5 Å². The lowest BCUT2D eigenvalue weighted by Crippen LogP contribution is -2.13. The Labute approximate surface area is 153 Å². The lowest BCUT2D eigenvalue weighted by atomic mass is 9.76. The molecule has 0 aliphatic heterocycles. The van der Waals surface area contributed by atoms with Crippen molar-refractivity contribution >= 4 is 5.69 Å². The molecule has 2 aromatic rings. The molecule has 1 aliphatic rings. The zero-order valence-electron chi connectivity index (χ0n) is 15.9. The maximum Gasteiger partial charge on any atom is 0.0314 e. The van der Waals surface area contributed by atoms with Crippen molar-refractivity contribution in [1.29, 1.82) is 0 Å². The van der Waals surface area contributed by atoms with E-state index in [0.717, 1.165) is 30.4 Å². The third-order valence-corrected chi connectivity index (χ3v) is 6.00. The third kappa shape index (κ3) is 4.66. The highest BCUT2D eigenvalue weighted by Gasteiger charge is 2.22. The summed E-state index contributed by atoms with van der Waals surface area (Å²) in [6.45, 7) is 4.60. The van der Waals surface area contributed by atoms with Crippen molar-refractivity contribution in [3.63, 3.8) is 0 Å². The van der Waals surface area contributed by atoms with Crippen molar-refractivity contribution in [2.24, 2.45) is 5.92 Å². The van der Waals surface area contributed by atoms with Gasteiger partial charge in [-0.3, -0.25) is 0 Å². The van der Waals surface area contributed by atoms with E-state index in [-0.39, 0.29) is 0 Å². The Hall–Kier alpha value is -1.76. The SMILES string of the molecule is CCCC1CCC(c2ccc(Cc3ccc(N)cc3)c(CC)c2)CC1. The van der Waals surface area contributed by atoms with Crippen LogP contribution in [0.3, 0.4) is 0 Å². The topological polar surface area (TPSA) is 26.0 Å². The van der Waals surface area contributed by atoms with Crippen molar-refractivity contribution in [2.45, 2.75) is 71.1 Å². The first kappa shape index (κ1) is 18.0. The molecule has 0 spiro atoms. The Morgan fingerprint density at radius 2 is 1.60 bits per heavy atom. The second kappa shape index (κ2) is 8.56. The van der Waals surface area contributed by atoms with E-state index in [1.165, 1.54) is 55.2 Å². The van der Waals surface area contributed by atoms with Crippen molar-refractivity contribution in [1.82, 2.24) is 0 Å². The predicted octanol–water partition coefficient (Wildman–Crippen LogP) is 6.50. The highest BCUT2D eigenvalue weighted by molar-refractivity contribution is 5.42. The molecule has 0 unspecified atom stereocenters. The number of hydrogen-bond acceptors (Lipinski definition) is 1. The standard InChI is InChI=1S/C24H33N/c1-3-5-18-6-10-21(11-7-18)23-13-12-22(20(4-2)17-23)16-19-8-14-24(25)15-9-19/h8-9,12-15,17-18,21H,3-7,10-11,16,25H2,1-2H3. The number of nitrogen functional groups attached to an aromatic ring is 1. The predicted molar refractivity (Wildman–Crippen MR) is 109 cm³/mol. The molecule has 2 N–H and O–H groups in total. The number of benzene rings is 2. The van der Waals surface area contributed by atoms with Gasteiger partial charge >= 0.3 is 0 Å². The molecular weight excluding hydrogens is 302 g/mol. The van der Waals surface area contributed by atoms with Crippen LogP contribution in [0.4, 0.5) is 5.69 Å². The van der Waals surface area contributed by atoms with Crippen LogP contribution in [0.1, 0.15) is 80.5 Å². The maximum absolute atomic E-state index is 5.81. The zero-order chi connectivity index (χ0) is 17.6. The van der Waals surface area contributed by atoms with E-state index < -0.39 is 0 Å². The Bertz CT molecular complexity index is 663. The first-order valence-corrected chi connectivity index (χ1v) is 10.2. The molecule has 1 nitrogen and oxygen atoms in total. The fraction of sp³-hybridized carbons (Fsp3) is 0.500. The molecular formula is C24H33N. The molecule has 1 fully saturated rings. The van der Waals surface area contributed by atoms with Gasteiger partial charge in [0.2, 0.25) is 0 Å². The number of nitrogens with two attached hydrogens (primary N) is 1. The minimum atomic E-state index is 0.781. The summed E-state index contributed by atoms with van der Waals surface area (Å²) in [5, 5.41) is 0. The molecule has 25 heavy (non-hydrogen) atoms. The minimum absolute atomic E-state index is 0.781. The molecule has 1 saturated carbocycles. The lowest BCUT2D eigenvalue weighted by molar-refractivity contribution is 0.308. The first-order valence-electron chi connectivity index (χ1n) is 10.2. The van der Waals surface area contributed by atoms with Crippen LogP contribution in [0.5, 0.6) is 0 Å². The molecule has 3 rings (SSSR count). The average molecular weight is 336 g/mol. The lowest BCUT2D eigenvalue weighted by Gasteiger charge is -2.29. The fourth-order valence-corrected chi connectivity index (χ4v) is 4.45. The highest BCUT2D eigenvalue weighted by atomic mass is 14.5. The monoisotopic (exact) mass is 335 g/mol. The maximum atomic E-state index is 5.81. The van der Waals surface area contributed by atoms with Gasteiger partial charge in [0.25, 0.3) is 0 Å². The summed E-state index contributed by atoms with van der Waals surface area (Å²) in [5.74, 6) is 1.76. The van der Waals surface area contributed by atoms with E-state index in [4.69, 9.17) is 5.73 Å². The molecule has 134 valence electrons. The zero-order valence-corrected chi connectivity index (χ0v) is 15.9. The Kier molecular flexibility index (Phi) is 6.18. The van der Waals surface area contributed by atoms with E-state index in [1.54, 1.807) is 5.56 Å². The van der Waals surface area contributed by atoms with Gasteiger partial charge in [-0.25, -0.2) is 0 Å². The van der Waals surface area contributed by atoms with E-state index >= 15 is 0 Å². The quantitative estimate of drug-likeness (QED) is 0.599. The summed E-state index contributed by atoms with van der Waals surface area (Å²) < 4.78 is 0. The normalized spacial score (nSPS) is 20.6. The second-order valence-corrected chi connectivity index (χ2v) is 7.81. The first-order chi connectivity index (χ1) is 12.2. The van der Waals surface area contributed by atoms with Gasteiger partial charge in [0.05, 0.1) is 0 Å². The molecule has 0 radical (unpaired) electrons. The van der Waals surface area contributed by atoms with Gasteiger partial charge in [0.15, 0.2) is 0 Å². The average Bonchev–Trinajstić information content (AvgIpc) is 2.65. The molecule has 0 heterocycles. The van der Waals surface area contributed by atoms with Crippen LogP contribution in [0.25, 0.3) is 0 Å². The van der Waals surface area contributed by atoms with Crippen molar-refractivity contribution < 1.29 is 0 Å². The summed E-state index contributed by atoms with van der Waals surface area (Å²) >= 11 is 0. The molecule has 0 saturated heterocycles. The minimum Gasteiger partial charge on any atom is -0.399 e. The van der Waals surface area contributed by atoms with Gasteiger partial charge in [-0.2, -0.15) is 0 Å². The van der Waals surface area contributed by atoms with Crippen LogP contribution in [0, 0.1) is 5.92 Å². The number of rotatable bonds is 6. The molecule has 0 bridgehead atoms. The van der Waals surface area contributed by atoms with Crippen LogP contribution >= 0.6 is 0 Å². The molecule has 0 amide bonds. The summed E-state index contributed by atoms with van der Waals surface area (Å²) in [6.07, 6.45) is 10.5. The molecule has 1 aliphatic carbocycles. The van der Waals surface area contributed by atoms with Gasteiger partial charge in [0, 0.05) is 5.69 Å². The molecule has 0 aromatic heterocycles. The summed E-state index contributed by atoms with van der Waals surface area (Å²) in [4.78, 5) is 0. The van der Waals surface area contributed by atoms with Gasteiger partial charge in [-0.05, 0) is 84.7 Å². The summed E-state index contributed by atoms with van der Waals surface area (Å²) in [5.41, 5.74) is 12.6. The van der Waals surface area contributed by atoms with Gasteiger partial charge < -0.3 is 5.73 Å². The largest absolute Gasteiger partial charge is 0.399 e. The molecule has 2 aromatic carbocycles. The van der Waals surface area contributed by atoms with Crippen molar-refractivity contribution in [3.05, 3.63) is 64.7 Å². The number of hydrogen-bond donors (Lipinski definition) is 1. The van der Waals surface area contributed by atoms with Crippen LogP contribution < -0.4 is 5.73 Å². The fourth-order valence-electron chi connectivity index (χ4n) is 4.45. The number of aryl methyl sites for hydroxylation is 1.